The standard InChI is InChI=1S/C18H21ClN4O/c19-16-5-1-4-15-14(16)6-7-17(15)21-18(24)23-9-2-3-13(23)11-22-10-8-20-12-22/h1,4-5,8,10,12-13,17H,2-3,6-7,9,11H2,(H,21,24)/t13-,17+/m1/s1. The lowest BCUT2D eigenvalue weighted by Gasteiger charge is -2.27. The first-order chi connectivity index (χ1) is 11.7. The molecular weight excluding hydrogens is 324 g/mol. The van der Waals surface area contributed by atoms with Crippen molar-refractivity contribution in [2.75, 3.05) is 6.54 Å². The van der Waals surface area contributed by atoms with E-state index in [1.807, 2.05) is 34.1 Å². The first-order valence-corrected chi connectivity index (χ1v) is 8.90. The fraction of sp³-hybridized carbons (Fsp3) is 0.444. The van der Waals surface area contributed by atoms with Crippen molar-refractivity contribution in [3.8, 4) is 0 Å². The summed E-state index contributed by atoms with van der Waals surface area (Å²) in [7, 11) is 0. The van der Waals surface area contributed by atoms with E-state index in [0.717, 1.165) is 43.8 Å². The number of urea groups is 1. The highest BCUT2D eigenvalue weighted by molar-refractivity contribution is 6.31. The van der Waals surface area contributed by atoms with Gasteiger partial charge < -0.3 is 14.8 Å². The summed E-state index contributed by atoms with van der Waals surface area (Å²) in [5, 5.41) is 4.03. The minimum Gasteiger partial charge on any atom is -0.335 e. The molecule has 24 heavy (non-hydrogen) atoms. The van der Waals surface area contributed by atoms with Crippen molar-refractivity contribution in [1.82, 2.24) is 19.8 Å². The number of nitrogens with one attached hydrogen (secondary N) is 1. The lowest BCUT2D eigenvalue weighted by atomic mass is 10.1. The van der Waals surface area contributed by atoms with Crippen molar-refractivity contribution in [3.63, 3.8) is 0 Å². The van der Waals surface area contributed by atoms with Crippen LogP contribution in [0.15, 0.2) is 36.9 Å². The molecule has 4 rings (SSSR count). The Balaban J connectivity index is 1.44. The van der Waals surface area contributed by atoms with Gasteiger partial charge in [-0.2, -0.15) is 0 Å². The number of nitrogens with zero attached hydrogens (tertiary/aromatic N) is 3. The van der Waals surface area contributed by atoms with Crippen LogP contribution in [0.2, 0.25) is 5.02 Å². The van der Waals surface area contributed by atoms with E-state index in [-0.39, 0.29) is 18.1 Å². The molecule has 0 unspecified atom stereocenters. The van der Waals surface area contributed by atoms with Crippen molar-refractivity contribution < 1.29 is 4.79 Å². The minimum absolute atomic E-state index is 0.0374. The van der Waals surface area contributed by atoms with Crippen LogP contribution in [0.4, 0.5) is 4.79 Å². The summed E-state index contributed by atoms with van der Waals surface area (Å²) >= 11 is 6.27. The van der Waals surface area contributed by atoms with Gasteiger partial charge in [-0.3, -0.25) is 0 Å². The van der Waals surface area contributed by atoms with E-state index >= 15 is 0 Å². The molecule has 2 atom stereocenters. The van der Waals surface area contributed by atoms with Crippen LogP contribution >= 0.6 is 11.6 Å². The number of carbonyl (C=O) groups is 1. The molecule has 1 aromatic carbocycles. The van der Waals surface area contributed by atoms with Crippen molar-refractivity contribution in [3.05, 3.63) is 53.1 Å². The van der Waals surface area contributed by atoms with Crippen molar-refractivity contribution in [1.29, 1.82) is 0 Å². The Labute approximate surface area is 146 Å². The lowest BCUT2D eigenvalue weighted by Crippen LogP contribution is -2.45. The molecule has 0 radical (unpaired) electrons. The summed E-state index contributed by atoms with van der Waals surface area (Å²) in [6, 6.07) is 6.30. The fourth-order valence-corrected chi connectivity index (χ4v) is 4.20. The van der Waals surface area contributed by atoms with Gasteiger partial charge in [0.2, 0.25) is 0 Å². The SMILES string of the molecule is O=C(N[C@H]1CCc2c(Cl)cccc21)N1CCC[C@@H]1Cn1ccnc1. The maximum Gasteiger partial charge on any atom is 0.318 e. The molecule has 1 fully saturated rings. The minimum atomic E-state index is 0.0374. The molecule has 5 nitrogen and oxygen atoms in total. The molecular formula is C18H21ClN4O. The number of carbonyl (C=O) groups excluding carboxylic acids is 1. The number of benzene rings is 1. The van der Waals surface area contributed by atoms with Crippen LogP contribution < -0.4 is 5.32 Å². The Morgan fingerprint density at radius 3 is 3.12 bits per heavy atom. The van der Waals surface area contributed by atoms with Crippen LogP contribution in [0.25, 0.3) is 0 Å². The lowest BCUT2D eigenvalue weighted by molar-refractivity contribution is 0.183. The topological polar surface area (TPSA) is 50.2 Å². The van der Waals surface area contributed by atoms with E-state index in [2.05, 4.69) is 16.4 Å². The number of amides is 2. The van der Waals surface area contributed by atoms with E-state index in [1.54, 1.807) is 6.20 Å². The molecule has 1 aliphatic carbocycles. The largest absolute Gasteiger partial charge is 0.335 e. The summed E-state index contributed by atoms with van der Waals surface area (Å²) in [4.78, 5) is 18.8. The first-order valence-electron chi connectivity index (χ1n) is 8.52. The maximum absolute atomic E-state index is 12.8. The van der Waals surface area contributed by atoms with Crippen molar-refractivity contribution >= 4 is 17.6 Å². The van der Waals surface area contributed by atoms with E-state index in [1.165, 1.54) is 11.1 Å². The molecule has 126 valence electrons. The van der Waals surface area contributed by atoms with Gasteiger partial charge in [0.15, 0.2) is 0 Å². The van der Waals surface area contributed by atoms with Crippen LogP contribution in [0.1, 0.15) is 36.4 Å². The molecule has 2 amide bonds. The third-order valence-corrected chi connectivity index (χ3v) is 5.48. The van der Waals surface area contributed by atoms with E-state index < -0.39 is 0 Å². The average molecular weight is 345 g/mol. The molecule has 1 aromatic heterocycles. The normalized spacial score (nSPS) is 22.6. The highest BCUT2D eigenvalue weighted by Crippen LogP contribution is 2.35. The van der Waals surface area contributed by atoms with Gasteiger partial charge in [0, 0.05) is 30.5 Å². The first kappa shape index (κ1) is 15.5. The summed E-state index contributed by atoms with van der Waals surface area (Å²) in [6.45, 7) is 1.63. The molecule has 6 heteroatoms. The summed E-state index contributed by atoms with van der Waals surface area (Å²) in [6.07, 6.45) is 9.48. The van der Waals surface area contributed by atoms with Gasteiger partial charge in [0.25, 0.3) is 0 Å². The Morgan fingerprint density at radius 1 is 1.38 bits per heavy atom. The molecule has 0 saturated carbocycles. The number of imidazole rings is 1. The summed E-state index contributed by atoms with van der Waals surface area (Å²) in [5.74, 6) is 0. The summed E-state index contributed by atoms with van der Waals surface area (Å²) in [5.41, 5.74) is 2.35. The predicted octanol–water partition coefficient (Wildman–Crippen LogP) is 3.40. The molecule has 2 heterocycles. The van der Waals surface area contributed by atoms with Gasteiger partial charge in [-0.05, 0) is 42.9 Å². The molecule has 1 aliphatic heterocycles. The third-order valence-electron chi connectivity index (χ3n) is 5.13. The number of likely N-dealkylation sites (tertiary alicyclic amines) is 1. The Bertz CT molecular complexity index is 731. The Morgan fingerprint density at radius 2 is 2.29 bits per heavy atom. The van der Waals surface area contributed by atoms with E-state index in [9.17, 15) is 4.79 Å². The molecule has 1 N–H and O–H groups in total. The van der Waals surface area contributed by atoms with Crippen LogP contribution in [-0.2, 0) is 13.0 Å². The highest BCUT2D eigenvalue weighted by atomic mass is 35.5. The number of aromatic nitrogens is 2. The van der Waals surface area contributed by atoms with E-state index in [4.69, 9.17) is 11.6 Å². The zero-order valence-corrected chi connectivity index (χ0v) is 14.2. The van der Waals surface area contributed by atoms with Gasteiger partial charge in [0.1, 0.15) is 0 Å². The van der Waals surface area contributed by atoms with Gasteiger partial charge in [0.05, 0.1) is 18.4 Å². The summed E-state index contributed by atoms with van der Waals surface area (Å²) < 4.78 is 2.04. The number of fused-ring (bicyclic) bond motifs is 1. The number of rotatable bonds is 3. The van der Waals surface area contributed by atoms with Gasteiger partial charge >= 0.3 is 6.03 Å². The third kappa shape index (κ3) is 2.88. The molecule has 0 bridgehead atoms. The Kier molecular flexibility index (Phi) is 4.19. The second-order valence-electron chi connectivity index (χ2n) is 6.60. The second kappa shape index (κ2) is 6.48. The van der Waals surface area contributed by atoms with Gasteiger partial charge in [-0.15, -0.1) is 0 Å². The molecule has 2 aromatic rings. The average Bonchev–Trinajstić information content (AvgIpc) is 3.30. The maximum atomic E-state index is 12.8. The highest BCUT2D eigenvalue weighted by Gasteiger charge is 2.32. The quantitative estimate of drug-likeness (QED) is 0.927. The predicted molar refractivity (Wildman–Crippen MR) is 93.0 cm³/mol. The molecule has 1 saturated heterocycles. The van der Waals surface area contributed by atoms with Gasteiger partial charge in [-0.1, -0.05) is 23.7 Å². The van der Waals surface area contributed by atoms with Crippen LogP contribution in [-0.4, -0.2) is 33.1 Å². The number of halogens is 1. The van der Waals surface area contributed by atoms with E-state index in [0.29, 0.717) is 0 Å². The monoisotopic (exact) mass is 344 g/mol. The second-order valence-corrected chi connectivity index (χ2v) is 7.00. The zero-order chi connectivity index (χ0) is 16.5. The number of hydrogen-bond acceptors (Lipinski definition) is 2. The van der Waals surface area contributed by atoms with Crippen LogP contribution in [0.3, 0.4) is 0 Å². The van der Waals surface area contributed by atoms with Crippen molar-refractivity contribution in [2.45, 2.75) is 44.3 Å². The fourth-order valence-electron chi connectivity index (χ4n) is 3.92. The zero-order valence-electron chi connectivity index (χ0n) is 13.5. The Hall–Kier alpha value is -2.01. The molecule has 2 aliphatic rings. The van der Waals surface area contributed by atoms with Crippen molar-refractivity contribution in [2.24, 2.45) is 0 Å². The molecule has 0 spiro atoms. The smallest absolute Gasteiger partial charge is 0.318 e. The van der Waals surface area contributed by atoms with Crippen LogP contribution in [0.5, 0.6) is 0 Å². The van der Waals surface area contributed by atoms with Crippen LogP contribution in [0, 0.1) is 0 Å². The number of hydrogen-bond donors (Lipinski definition) is 1. The van der Waals surface area contributed by atoms with Gasteiger partial charge in [-0.25, -0.2) is 9.78 Å².